The molecule has 0 N–H and O–H groups in total. The molecule has 1 aromatic heterocycles. The molecule has 1 spiro atoms. The van der Waals surface area contributed by atoms with Gasteiger partial charge in [0.1, 0.15) is 5.82 Å². The summed E-state index contributed by atoms with van der Waals surface area (Å²) in [5, 5.41) is 0. The summed E-state index contributed by atoms with van der Waals surface area (Å²) in [7, 11) is 0. The van der Waals surface area contributed by atoms with E-state index in [-0.39, 0.29) is 11.4 Å². The zero-order valence-corrected chi connectivity index (χ0v) is 16.2. The van der Waals surface area contributed by atoms with E-state index in [9.17, 15) is 9.59 Å². The number of amides is 1. The molecule has 27 heavy (non-hydrogen) atoms. The van der Waals surface area contributed by atoms with Crippen molar-refractivity contribution in [3.63, 3.8) is 0 Å². The van der Waals surface area contributed by atoms with E-state index in [1.807, 2.05) is 12.1 Å². The average molecular weight is 371 g/mol. The number of anilines is 1. The molecule has 1 saturated carbocycles. The number of rotatable bonds is 5. The number of carbonyl (C=O) groups is 2. The van der Waals surface area contributed by atoms with Gasteiger partial charge in [0.15, 0.2) is 5.69 Å². The van der Waals surface area contributed by atoms with Crippen LogP contribution in [0.2, 0.25) is 0 Å². The van der Waals surface area contributed by atoms with Crippen LogP contribution in [0.25, 0.3) is 0 Å². The lowest BCUT2D eigenvalue weighted by Gasteiger charge is -2.48. The molecule has 6 nitrogen and oxygen atoms in total. The largest absolute Gasteiger partial charge is 0.461 e. The Hall–Kier alpha value is -2.11. The highest BCUT2D eigenvalue weighted by molar-refractivity contribution is 5.87. The number of pyridine rings is 1. The van der Waals surface area contributed by atoms with Crippen molar-refractivity contribution in [2.75, 3.05) is 37.7 Å². The third-order valence-electron chi connectivity index (χ3n) is 6.13. The van der Waals surface area contributed by atoms with Gasteiger partial charge in [0.25, 0.3) is 0 Å². The number of nitrogens with zero attached hydrogens (tertiary/aromatic N) is 3. The van der Waals surface area contributed by atoms with Crippen LogP contribution in [0.3, 0.4) is 0 Å². The lowest BCUT2D eigenvalue weighted by molar-refractivity contribution is -0.138. The highest BCUT2D eigenvalue weighted by Crippen LogP contribution is 2.41. The summed E-state index contributed by atoms with van der Waals surface area (Å²) in [5.74, 6) is 1.52. The summed E-state index contributed by atoms with van der Waals surface area (Å²) in [6.07, 6.45) is 6.42. The Kier molecular flexibility index (Phi) is 5.06. The minimum Gasteiger partial charge on any atom is -0.461 e. The van der Waals surface area contributed by atoms with Crippen LogP contribution in [0.4, 0.5) is 5.82 Å². The third kappa shape index (κ3) is 4.09. The molecular formula is C21H29N3O3. The second kappa shape index (κ2) is 7.49. The molecule has 3 fully saturated rings. The monoisotopic (exact) mass is 371 g/mol. The number of piperidine rings is 2. The summed E-state index contributed by atoms with van der Waals surface area (Å²) < 4.78 is 5.08. The van der Waals surface area contributed by atoms with E-state index >= 15 is 0 Å². The Morgan fingerprint density at radius 1 is 1.30 bits per heavy atom. The topological polar surface area (TPSA) is 62.7 Å². The zero-order valence-electron chi connectivity index (χ0n) is 16.2. The molecule has 3 aliphatic rings. The van der Waals surface area contributed by atoms with Crippen molar-refractivity contribution in [2.45, 2.75) is 45.4 Å². The van der Waals surface area contributed by atoms with Gasteiger partial charge in [-0.25, -0.2) is 9.78 Å². The molecule has 1 aliphatic carbocycles. The van der Waals surface area contributed by atoms with Gasteiger partial charge in [-0.3, -0.25) is 4.79 Å². The van der Waals surface area contributed by atoms with Crippen LogP contribution in [0.15, 0.2) is 18.2 Å². The molecule has 6 heteroatoms. The summed E-state index contributed by atoms with van der Waals surface area (Å²) in [6, 6.07) is 5.55. The molecule has 4 rings (SSSR count). The Bertz CT molecular complexity index is 718. The van der Waals surface area contributed by atoms with Crippen molar-refractivity contribution in [3.05, 3.63) is 23.9 Å². The molecule has 0 unspecified atom stereocenters. The fourth-order valence-electron chi connectivity index (χ4n) is 4.54. The van der Waals surface area contributed by atoms with Gasteiger partial charge in [-0.05, 0) is 57.1 Å². The Morgan fingerprint density at radius 2 is 2.15 bits per heavy atom. The van der Waals surface area contributed by atoms with Gasteiger partial charge in [-0.2, -0.15) is 0 Å². The van der Waals surface area contributed by atoms with Gasteiger partial charge in [0, 0.05) is 38.0 Å². The summed E-state index contributed by atoms with van der Waals surface area (Å²) in [6.45, 7) is 5.81. The molecule has 3 heterocycles. The second-order valence-electron chi connectivity index (χ2n) is 8.34. The number of carbonyl (C=O) groups excluding carboxylic acids is 2. The van der Waals surface area contributed by atoms with Crippen LogP contribution < -0.4 is 4.90 Å². The number of esters is 1. The minimum absolute atomic E-state index is 0.155. The van der Waals surface area contributed by atoms with Crippen LogP contribution in [0, 0.1) is 11.3 Å². The Labute approximate surface area is 160 Å². The van der Waals surface area contributed by atoms with E-state index in [1.54, 1.807) is 13.0 Å². The van der Waals surface area contributed by atoms with Crippen molar-refractivity contribution < 1.29 is 14.3 Å². The Balaban J connectivity index is 1.48. The number of hydrogen-bond donors (Lipinski definition) is 0. The van der Waals surface area contributed by atoms with Gasteiger partial charge in [0.2, 0.25) is 5.91 Å². The van der Waals surface area contributed by atoms with Gasteiger partial charge in [-0.1, -0.05) is 6.07 Å². The lowest BCUT2D eigenvalue weighted by Crippen LogP contribution is -2.54. The lowest BCUT2D eigenvalue weighted by atomic mass is 9.73. The number of ether oxygens (including phenoxy) is 1. The van der Waals surface area contributed by atoms with Crippen LogP contribution in [-0.2, 0) is 9.53 Å². The molecule has 1 amide bonds. The third-order valence-corrected chi connectivity index (χ3v) is 6.13. The van der Waals surface area contributed by atoms with E-state index in [1.165, 1.54) is 12.8 Å². The SMILES string of the molecule is CCOC(=O)c1cccc(N2CCC[C@]3(CCC(=O)N(CC4CC4)C3)C2)n1. The average Bonchev–Trinajstić information content (AvgIpc) is 3.49. The number of likely N-dealkylation sites (tertiary alicyclic amines) is 1. The van der Waals surface area contributed by atoms with Gasteiger partial charge >= 0.3 is 5.97 Å². The normalized spacial score (nSPS) is 25.7. The molecule has 0 bridgehead atoms. The maximum Gasteiger partial charge on any atom is 0.356 e. The summed E-state index contributed by atoms with van der Waals surface area (Å²) >= 11 is 0. The summed E-state index contributed by atoms with van der Waals surface area (Å²) in [4.78, 5) is 33.3. The highest BCUT2D eigenvalue weighted by Gasteiger charge is 2.43. The van der Waals surface area contributed by atoms with Crippen LogP contribution in [0.1, 0.15) is 55.9 Å². The molecule has 1 atom stereocenters. The molecule has 0 radical (unpaired) electrons. The zero-order chi connectivity index (χ0) is 18.9. The smallest absolute Gasteiger partial charge is 0.356 e. The minimum atomic E-state index is -0.370. The maximum absolute atomic E-state index is 12.4. The quantitative estimate of drug-likeness (QED) is 0.745. The maximum atomic E-state index is 12.4. The first-order valence-electron chi connectivity index (χ1n) is 10.3. The van der Waals surface area contributed by atoms with E-state index in [4.69, 9.17) is 4.74 Å². The van der Waals surface area contributed by atoms with Crippen molar-refractivity contribution in [1.82, 2.24) is 9.88 Å². The van der Waals surface area contributed by atoms with E-state index in [0.29, 0.717) is 24.6 Å². The van der Waals surface area contributed by atoms with Gasteiger partial charge in [-0.15, -0.1) is 0 Å². The predicted octanol–water partition coefficient (Wildman–Crippen LogP) is 2.88. The fourth-order valence-corrected chi connectivity index (χ4v) is 4.54. The van der Waals surface area contributed by atoms with Crippen LogP contribution >= 0.6 is 0 Å². The molecule has 146 valence electrons. The second-order valence-corrected chi connectivity index (χ2v) is 8.34. The van der Waals surface area contributed by atoms with Gasteiger partial charge in [0.05, 0.1) is 6.61 Å². The first-order valence-corrected chi connectivity index (χ1v) is 10.3. The van der Waals surface area contributed by atoms with Gasteiger partial charge < -0.3 is 14.5 Å². The van der Waals surface area contributed by atoms with Crippen LogP contribution in [0.5, 0.6) is 0 Å². The molecule has 2 aliphatic heterocycles. The first kappa shape index (κ1) is 18.3. The Morgan fingerprint density at radius 3 is 2.93 bits per heavy atom. The first-order chi connectivity index (χ1) is 13.1. The van der Waals surface area contributed by atoms with E-state index in [0.717, 1.165) is 57.2 Å². The van der Waals surface area contributed by atoms with E-state index < -0.39 is 0 Å². The molecule has 1 aromatic rings. The van der Waals surface area contributed by atoms with Crippen molar-refractivity contribution in [2.24, 2.45) is 11.3 Å². The highest BCUT2D eigenvalue weighted by atomic mass is 16.5. The number of aromatic nitrogens is 1. The van der Waals surface area contributed by atoms with Crippen LogP contribution in [-0.4, -0.2) is 54.5 Å². The number of hydrogen-bond acceptors (Lipinski definition) is 5. The molecule has 2 saturated heterocycles. The fraction of sp³-hybridized carbons (Fsp3) is 0.667. The predicted molar refractivity (Wildman–Crippen MR) is 103 cm³/mol. The van der Waals surface area contributed by atoms with Crippen molar-refractivity contribution in [1.29, 1.82) is 0 Å². The molecular weight excluding hydrogens is 342 g/mol. The standard InChI is InChI=1S/C21H29N3O3/c1-2-27-20(26)17-5-3-6-18(22-17)23-12-4-10-21(14-23)11-9-19(25)24(15-21)13-16-7-8-16/h3,5-6,16H,2,4,7-15H2,1H3/t21-/m0/s1. The van der Waals surface area contributed by atoms with Crippen molar-refractivity contribution in [3.8, 4) is 0 Å². The van der Waals surface area contributed by atoms with E-state index in [2.05, 4.69) is 14.8 Å². The summed E-state index contributed by atoms with van der Waals surface area (Å²) in [5.41, 5.74) is 0.519. The van der Waals surface area contributed by atoms with Crippen molar-refractivity contribution >= 4 is 17.7 Å². The molecule has 0 aromatic carbocycles.